The number of nitrogens with zero attached hydrogens (tertiary/aromatic N) is 2. The van der Waals surface area contributed by atoms with Crippen molar-refractivity contribution in [2.75, 3.05) is 5.32 Å². The third-order valence-electron chi connectivity index (χ3n) is 4.32. The number of hydrogen-bond donors (Lipinski definition) is 2. The molecule has 1 amide bonds. The molecular weight excluding hydrogens is 324 g/mol. The summed E-state index contributed by atoms with van der Waals surface area (Å²) in [5.41, 5.74) is 4.57. The van der Waals surface area contributed by atoms with Crippen LogP contribution in [0.1, 0.15) is 28.8 Å². The average molecular weight is 344 g/mol. The molecule has 5 nitrogen and oxygen atoms in total. The van der Waals surface area contributed by atoms with Gasteiger partial charge in [-0.25, -0.2) is 9.97 Å². The molecule has 2 aromatic carbocycles. The SMILES string of the molecule is Cc1ccc(-c2cc(Nc3cccc(C(=O)NC4CC4)c3)ncn2)cc1. The van der Waals surface area contributed by atoms with Crippen LogP contribution in [0.2, 0.25) is 0 Å². The summed E-state index contributed by atoms with van der Waals surface area (Å²) >= 11 is 0. The first-order valence-electron chi connectivity index (χ1n) is 8.74. The van der Waals surface area contributed by atoms with Crippen molar-refractivity contribution >= 4 is 17.4 Å². The average Bonchev–Trinajstić information content (AvgIpc) is 3.47. The number of benzene rings is 2. The number of hydrogen-bond acceptors (Lipinski definition) is 4. The quantitative estimate of drug-likeness (QED) is 0.732. The zero-order valence-corrected chi connectivity index (χ0v) is 14.6. The van der Waals surface area contributed by atoms with Gasteiger partial charge in [0, 0.05) is 28.9 Å². The molecule has 0 unspecified atom stereocenters. The van der Waals surface area contributed by atoms with Crippen LogP contribution >= 0.6 is 0 Å². The van der Waals surface area contributed by atoms with Gasteiger partial charge >= 0.3 is 0 Å². The first kappa shape index (κ1) is 16.3. The van der Waals surface area contributed by atoms with E-state index in [1.54, 1.807) is 6.33 Å². The summed E-state index contributed by atoms with van der Waals surface area (Å²) in [4.78, 5) is 20.8. The molecule has 0 aliphatic heterocycles. The van der Waals surface area contributed by atoms with E-state index >= 15 is 0 Å². The largest absolute Gasteiger partial charge is 0.349 e. The van der Waals surface area contributed by atoms with E-state index in [0.717, 1.165) is 29.8 Å². The fraction of sp³-hybridized carbons (Fsp3) is 0.190. The third-order valence-corrected chi connectivity index (χ3v) is 4.32. The van der Waals surface area contributed by atoms with Gasteiger partial charge in [-0.05, 0) is 38.0 Å². The minimum Gasteiger partial charge on any atom is -0.349 e. The molecule has 1 aromatic heterocycles. The summed E-state index contributed by atoms with van der Waals surface area (Å²) in [6, 6.07) is 17.9. The molecule has 0 spiro atoms. The molecule has 1 saturated carbocycles. The number of carbonyl (C=O) groups excluding carboxylic acids is 1. The Kier molecular flexibility index (Phi) is 4.35. The molecule has 2 N–H and O–H groups in total. The van der Waals surface area contributed by atoms with Gasteiger partial charge in [-0.15, -0.1) is 0 Å². The summed E-state index contributed by atoms with van der Waals surface area (Å²) in [7, 11) is 0. The van der Waals surface area contributed by atoms with Gasteiger partial charge in [0.25, 0.3) is 5.91 Å². The van der Waals surface area contributed by atoms with Crippen molar-refractivity contribution in [2.45, 2.75) is 25.8 Å². The van der Waals surface area contributed by atoms with Crippen molar-refractivity contribution in [3.8, 4) is 11.3 Å². The molecule has 0 radical (unpaired) electrons. The van der Waals surface area contributed by atoms with Crippen LogP contribution in [0.25, 0.3) is 11.3 Å². The first-order chi connectivity index (χ1) is 12.7. The Morgan fingerprint density at radius 1 is 1.04 bits per heavy atom. The predicted molar refractivity (Wildman–Crippen MR) is 102 cm³/mol. The van der Waals surface area contributed by atoms with Gasteiger partial charge in [0.05, 0.1) is 5.69 Å². The summed E-state index contributed by atoms with van der Waals surface area (Å²) in [6.07, 6.45) is 3.69. The van der Waals surface area contributed by atoms with Gasteiger partial charge in [0.1, 0.15) is 12.1 Å². The maximum Gasteiger partial charge on any atom is 0.251 e. The summed E-state index contributed by atoms with van der Waals surface area (Å²) in [6.45, 7) is 2.06. The monoisotopic (exact) mass is 344 g/mol. The lowest BCUT2D eigenvalue weighted by Crippen LogP contribution is -2.25. The van der Waals surface area contributed by atoms with E-state index in [9.17, 15) is 4.79 Å². The van der Waals surface area contributed by atoms with Crippen LogP contribution in [-0.4, -0.2) is 21.9 Å². The molecule has 0 saturated heterocycles. The van der Waals surface area contributed by atoms with E-state index in [1.807, 2.05) is 42.5 Å². The number of carbonyl (C=O) groups is 1. The van der Waals surface area contributed by atoms with Crippen LogP contribution in [0.3, 0.4) is 0 Å². The van der Waals surface area contributed by atoms with E-state index in [2.05, 4.69) is 39.7 Å². The second-order valence-corrected chi connectivity index (χ2v) is 6.61. The lowest BCUT2D eigenvalue weighted by Gasteiger charge is -2.09. The third kappa shape index (κ3) is 3.88. The highest BCUT2D eigenvalue weighted by molar-refractivity contribution is 5.95. The van der Waals surface area contributed by atoms with Crippen LogP contribution in [0.5, 0.6) is 0 Å². The highest BCUT2D eigenvalue weighted by atomic mass is 16.1. The van der Waals surface area contributed by atoms with E-state index in [4.69, 9.17) is 0 Å². The van der Waals surface area contributed by atoms with Crippen molar-refractivity contribution < 1.29 is 4.79 Å². The lowest BCUT2D eigenvalue weighted by molar-refractivity contribution is 0.0951. The highest BCUT2D eigenvalue weighted by Crippen LogP contribution is 2.23. The van der Waals surface area contributed by atoms with Crippen molar-refractivity contribution in [3.05, 3.63) is 72.1 Å². The molecule has 0 atom stereocenters. The first-order valence-corrected chi connectivity index (χ1v) is 8.74. The van der Waals surface area contributed by atoms with E-state index in [-0.39, 0.29) is 5.91 Å². The van der Waals surface area contributed by atoms with E-state index in [0.29, 0.717) is 17.4 Å². The molecule has 1 fully saturated rings. The second kappa shape index (κ2) is 6.96. The fourth-order valence-corrected chi connectivity index (χ4v) is 2.69. The van der Waals surface area contributed by atoms with Crippen molar-refractivity contribution in [1.82, 2.24) is 15.3 Å². The zero-order chi connectivity index (χ0) is 17.9. The summed E-state index contributed by atoms with van der Waals surface area (Å²) in [5, 5.41) is 6.26. The fourth-order valence-electron chi connectivity index (χ4n) is 2.69. The van der Waals surface area contributed by atoms with Crippen LogP contribution in [0.15, 0.2) is 60.9 Å². The molecule has 0 bridgehead atoms. The Bertz CT molecular complexity index is 933. The lowest BCUT2D eigenvalue weighted by atomic mass is 10.1. The maximum absolute atomic E-state index is 12.2. The van der Waals surface area contributed by atoms with Crippen LogP contribution in [0, 0.1) is 6.92 Å². The molecular formula is C21H20N4O. The van der Waals surface area contributed by atoms with Crippen molar-refractivity contribution in [1.29, 1.82) is 0 Å². The minimum atomic E-state index is -0.0285. The summed E-state index contributed by atoms with van der Waals surface area (Å²) in [5.74, 6) is 0.662. The van der Waals surface area contributed by atoms with Crippen LogP contribution < -0.4 is 10.6 Å². The number of aromatic nitrogens is 2. The Morgan fingerprint density at radius 3 is 2.62 bits per heavy atom. The van der Waals surface area contributed by atoms with Crippen molar-refractivity contribution in [3.63, 3.8) is 0 Å². The Hall–Kier alpha value is -3.21. The molecule has 1 aliphatic carbocycles. The standard InChI is InChI=1S/C21H20N4O/c1-14-5-7-15(8-6-14)19-12-20(23-13-22-19)24-18-4-2-3-16(11-18)21(26)25-17-9-10-17/h2-8,11-13,17H,9-10H2,1H3,(H,25,26)(H,22,23,24). The summed E-state index contributed by atoms with van der Waals surface area (Å²) < 4.78 is 0. The Labute approximate surface area is 152 Å². The molecule has 26 heavy (non-hydrogen) atoms. The molecule has 5 heteroatoms. The minimum absolute atomic E-state index is 0.0285. The van der Waals surface area contributed by atoms with Crippen LogP contribution in [-0.2, 0) is 0 Å². The van der Waals surface area contributed by atoms with Gasteiger partial charge < -0.3 is 10.6 Å². The molecule has 130 valence electrons. The molecule has 1 aliphatic rings. The Morgan fingerprint density at radius 2 is 1.85 bits per heavy atom. The number of nitrogens with one attached hydrogen (secondary N) is 2. The van der Waals surface area contributed by atoms with E-state index < -0.39 is 0 Å². The number of rotatable bonds is 5. The van der Waals surface area contributed by atoms with Gasteiger partial charge in [0.15, 0.2) is 0 Å². The van der Waals surface area contributed by atoms with Gasteiger partial charge in [-0.1, -0.05) is 35.9 Å². The zero-order valence-electron chi connectivity index (χ0n) is 14.6. The molecule has 3 aromatic rings. The predicted octanol–water partition coefficient (Wildman–Crippen LogP) is 4.09. The topological polar surface area (TPSA) is 66.9 Å². The van der Waals surface area contributed by atoms with Gasteiger partial charge in [0.2, 0.25) is 0 Å². The molecule has 4 rings (SSSR count). The van der Waals surface area contributed by atoms with E-state index in [1.165, 1.54) is 5.56 Å². The Balaban J connectivity index is 1.53. The van der Waals surface area contributed by atoms with Crippen molar-refractivity contribution in [2.24, 2.45) is 0 Å². The smallest absolute Gasteiger partial charge is 0.251 e. The normalized spacial score (nSPS) is 13.3. The maximum atomic E-state index is 12.2. The van der Waals surface area contributed by atoms with Crippen LogP contribution in [0.4, 0.5) is 11.5 Å². The van der Waals surface area contributed by atoms with Gasteiger partial charge in [-0.3, -0.25) is 4.79 Å². The number of amides is 1. The highest BCUT2D eigenvalue weighted by Gasteiger charge is 2.23. The number of anilines is 2. The van der Waals surface area contributed by atoms with Gasteiger partial charge in [-0.2, -0.15) is 0 Å². The second-order valence-electron chi connectivity index (χ2n) is 6.61. The molecule has 1 heterocycles. The number of aryl methyl sites for hydroxylation is 1.